The highest BCUT2D eigenvalue weighted by atomic mass is 35.5. The first-order valence-electron chi connectivity index (χ1n) is 8.07. The molecule has 2 heterocycles. The highest BCUT2D eigenvalue weighted by molar-refractivity contribution is 6.31. The lowest BCUT2D eigenvalue weighted by Gasteiger charge is -2.32. The molecular formula is C17H21ClN4O2. The van der Waals surface area contributed by atoms with Gasteiger partial charge in [-0.15, -0.1) is 0 Å². The van der Waals surface area contributed by atoms with Crippen molar-refractivity contribution in [2.24, 2.45) is 5.92 Å². The van der Waals surface area contributed by atoms with E-state index in [1.807, 2.05) is 10.7 Å². The maximum atomic E-state index is 11.7. The molecule has 0 radical (unpaired) electrons. The van der Waals surface area contributed by atoms with E-state index >= 15 is 0 Å². The van der Waals surface area contributed by atoms with Crippen LogP contribution in [0, 0.1) is 5.92 Å². The Morgan fingerprint density at radius 3 is 3.08 bits per heavy atom. The Hall–Kier alpha value is -1.92. The Kier molecular flexibility index (Phi) is 5.48. The average molecular weight is 349 g/mol. The molecule has 1 atom stereocenters. The number of methoxy groups -OCH3 is 1. The zero-order valence-electron chi connectivity index (χ0n) is 13.7. The number of halogens is 1. The number of rotatable bonds is 5. The fourth-order valence-electron chi connectivity index (χ4n) is 3.22. The lowest BCUT2D eigenvalue weighted by Crippen LogP contribution is -2.36. The van der Waals surface area contributed by atoms with Crippen LogP contribution in [0.15, 0.2) is 30.9 Å². The van der Waals surface area contributed by atoms with Crippen LogP contribution in [0.1, 0.15) is 28.8 Å². The number of aromatic nitrogens is 3. The highest BCUT2D eigenvalue weighted by Crippen LogP contribution is 2.24. The molecule has 128 valence electrons. The number of hydrogen-bond donors (Lipinski definition) is 0. The van der Waals surface area contributed by atoms with Crippen LogP contribution in [0.25, 0.3) is 0 Å². The molecule has 0 saturated carbocycles. The third-order valence-electron chi connectivity index (χ3n) is 4.38. The van der Waals surface area contributed by atoms with Gasteiger partial charge in [0, 0.05) is 24.7 Å². The molecule has 0 amide bonds. The summed E-state index contributed by atoms with van der Waals surface area (Å²) in [4.78, 5) is 18.1. The van der Waals surface area contributed by atoms with E-state index in [2.05, 4.69) is 15.0 Å². The molecule has 1 aliphatic heterocycles. The van der Waals surface area contributed by atoms with Gasteiger partial charge < -0.3 is 4.74 Å². The number of carbonyl (C=O) groups is 1. The third-order valence-corrected chi connectivity index (χ3v) is 4.74. The first kappa shape index (κ1) is 16.9. The predicted molar refractivity (Wildman–Crippen MR) is 90.8 cm³/mol. The van der Waals surface area contributed by atoms with E-state index in [1.165, 1.54) is 13.5 Å². The van der Waals surface area contributed by atoms with Crippen LogP contribution in [-0.4, -0.2) is 45.8 Å². The van der Waals surface area contributed by atoms with Crippen molar-refractivity contribution in [3.63, 3.8) is 0 Å². The van der Waals surface area contributed by atoms with Crippen molar-refractivity contribution in [2.75, 3.05) is 20.2 Å². The summed E-state index contributed by atoms with van der Waals surface area (Å²) in [5.41, 5.74) is 1.49. The number of esters is 1. The zero-order valence-corrected chi connectivity index (χ0v) is 14.4. The molecule has 1 saturated heterocycles. The molecule has 3 rings (SSSR count). The van der Waals surface area contributed by atoms with Gasteiger partial charge in [-0.25, -0.2) is 9.78 Å². The fraction of sp³-hybridized carbons (Fsp3) is 0.471. The van der Waals surface area contributed by atoms with Crippen LogP contribution in [-0.2, 0) is 17.8 Å². The zero-order chi connectivity index (χ0) is 16.9. The molecule has 7 heteroatoms. The average Bonchev–Trinajstić information content (AvgIpc) is 3.09. The predicted octanol–water partition coefficient (Wildman–Crippen LogP) is 2.63. The molecule has 0 N–H and O–H groups in total. The smallest absolute Gasteiger partial charge is 0.337 e. The normalized spacial score (nSPS) is 18.5. The summed E-state index contributed by atoms with van der Waals surface area (Å²) in [7, 11) is 1.38. The van der Waals surface area contributed by atoms with Gasteiger partial charge in [-0.2, -0.15) is 5.10 Å². The molecule has 6 nitrogen and oxygen atoms in total. The van der Waals surface area contributed by atoms with Gasteiger partial charge in [-0.05, 0) is 49.1 Å². The van der Waals surface area contributed by atoms with E-state index in [4.69, 9.17) is 16.3 Å². The van der Waals surface area contributed by atoms with Crippen LogP contribution in [0.2, 0.25) is 5.02 Å². The number of hydrogen-bond acceptors (Lipinski definition) is 5. The number of benzene rings is 1. The van der Waals surface area contributed by atoms with Gasteiger partial charge in [0.1, 0.15) is 12.7 Å². The van der Waals surface area contributed by atoms with Crippen molar-refractivity contribution < 1.29 is 9.53 Å². The molecule has 2 aromatic rings. The van der Waals surface area contributed by atoms with Crippen molar-refractivity contribution in [1.82, 2.24) is 19.7 Å². The SMILES string of the molecule is COC(=O)c1ccc(Cl)c(CN2CCC[C@@H](Cn3cncn3)C2)c1. The number of nitrogens with zero attached hydrogens (tertiary/aromatic N) is 4. The second-order valence-electron chi connectivity index (χ2n) is 6.16. The van der Waals surface area contributed by atoms with E-state index in [1.54, 1.807) is 24.8 Å². The standard InChI is InChI=1S/C17H21ClN4O2/c1-24-17(23)14-4-5-16(18)15(7-14)10-21-6-2-3-13(8-21)9-22-12-19-11-20-22/h4-5,7,11-13H,2-3,6,8-10H2,1H3/t13-/m1/s1. The van der Waals surface area contributed by atoms with E-state index in [9.17, 15) is 4.79 Å². The second-order valence-corrected chi connectivity index (χ2v) is 6.57. The third kappa shape index (κ3) is 4.13. The van der Waals surface area contributed by atoms with Gasteiger partial charge in [-0.3, -0.25) is 9.58 Å². The Morgan fingerprint density at radius 2 is 2.33 bits per heavy atom. The van der Waals surface area contributed by atoms with Crippen LogP contribution in [0.4, 0.5) is 0 Å². The summed E-state index contributed by atoms with van der Waals surface area (Å²) in [5.74, 6) is 0.207. The van der Waals surface area contributed by atoms with Gasteiger partial charge >= 0.3 is 5.97 Å². The molecule has 1 aromatic carbocycles. The molecule has 0 aliphatic carbocycles. The van der Waals surface area contributed by atoms with Crippen LogP contribution >= 0.6 is 11.6 Å². The minimum absolute atomic E-state index is 0.337. The monoisotopic (exact) mass is 348 g/mol. The van der Waals surface area contributed by atoms with E-state index in [0.717, 1.165) is 38.2 Å². The van der Waals surface area contributed by atoms with Crippen LogP contribution < -0.4 is 0 Å². The van der Waals surface area contributed by atoms with Gasteiger partial charge in [0.15, 0.2) is 0 Å². The molecule has 1 fully saturated rings. The van der Waals surface area contributed by atoms with Crippen molar-refractivity contribution in [3.8, 4) is 0 Å². The van der Waals surface area contributed by atoms with Gasteiger partial charge in [0.05, 0.1) is 12.7 Å². The summed E-state index contributed by atoms with van der Waals surface area (Å²) < 4.78 is 6.67. The van der Waals surface area contributed by atoms with E-state index in [0.29, 0.717) is 16.5 Å². The Morgan fingerprint density at radius 1 is 1.46 bits per heavy atom. The first-order chi connectivity index (χ1) is 11.7. The minimum Gasteiger partial charge on any atom is -0.465 e. The summed E-state index contributed by atoms with van der Waals surface area (Å²) in [6, 6.07) is 5.29. The lowest BCUT2D eigenvalue weighted by molar-refractivity contribution is 0.0600. The number of carbonyl (C=O) groups excluding carboxylic acids is 1. The largest absolute Gasteiger partial charge is 0.465 e. The Bertz CT molecular complexity index is 690. The summed E-state index contributed by atoms with van der Waals surface area (Å²) in [6.45, 7) is 3.63. The van der Waals surface area contributed by atoms with Crippen LogP contribution in [0.3, 0.4) is 0 Å². The van der Waals surface area contributed by atoms with Gasteiger partial charge in [-0.1, -0.05) is 11.6 Å². The molecule has 24 heavy (non-hydrogen) atoms. The molecule has 0 spiro atoms. The van der Waals surface area contributed by atoms with Crippen molar-refractivity contribution in [3.05, 3.63) is 47.0 Å². The minimum atomic E-state index is -0.337. The van der Waals surface area contributed by atoms with Crippen LogP contribution in [0.5, 0.6) is 0 Å². The highest BCUT2D eigenvalue weighted by Gasteiger charge is 2.21. The first-order valence-corrected chi connectivity index (χ1v) is 8.45. The number of ether oxygens (including phenoxy) is 1. The Labute approximate surface area is 146 Å². The summed E-state index contributed by atoms with van der Waals surface area (Å²) in [5, 5.41) is 4.87. The maximum absolute atomic E-state index is 11.7. The lowest BCUT2D eigenvalue weighted by atomic mass is 9.97. The van der Waals surface area contributed by atoms with E-state index < -0.39 is 0 Å². The molecule has 1 aliphatic rings. The molecular weight excluding hydrogens is 328 g/mol. The molecule has 1 aromatic heterocycles. The summed E-state index contributed by atoms with van der Waals surface area (Å²) >= 11 is 6.31. The molecule has 0 bridgehead atoms. The summed E-state index contributed by atoms with van der Waals surface area (Å²) in [6.07, 6.45) is 5.66. The van der Waals surface area contributed by atoms with Crippen molar-refractivity contribution >= 4 is 17.6 Å². The number of likely N-dealkylation sites (tertiary alicyclic amines) is 1. The Balaban J connectivity index is 1.65. The topological polar surface area (TPSA) is 60.2 Å². The quantitative estimate of drug-likeness (QED) is 0.777. The molecule has 0 unspecified atom stereocenters. The van der Waals surface area contributed by atoms with Crippen molar-refractivity contribution in [1.29, 1.82) is 0 Å². The van der Waals surface area contributed by atoms with Crippen molar-refractivity contribution in [2.45, 2.75) is 25.9 Å². The number of piperidine rings is 1. The maximum Gasteiger partial charge on any atom is 0.337 e. The van der Waals surface area contributed by atoms with E-state index in [-0.39, 0.29) is 5.97 Å². The fourth-order valence-corrected chi connectivity index (χ4v) is 3.39. The van der Waals surface area contributed by atoms with Gasteiger partial charge in [0.2, 0.25) is 0 Å². The van der Waals surface area contributed by atoms with Gasteiger partial charge in [0.25, 0.3) is 0 Å². The second kappa shape index (κ2) is 7.77.